The Morgan fingerprint density at radius 3 is 2.72 bits per heavy atom. The summed E-state index contributed by atoms with van der Waals surface area (Å²) in [7, 11) is -3.17. The highest BCUT2D eigenvalue weighted by Gasteiger charge is 2.22. The molecule has 5 nitrogen and oxygen atoms in total. The summed E-state index contributed by atoms with van der Waals surface area (Å²) in [6.07, 6.45) is 3.41. The van der Waals surface area contributed by atoms with Gasteiger partial charge >= 0.3 is 0 Å². The molecule has 1 aliphatic heterocycles. The molecule has 1 saturated heterocycles. The number of pyridine rings is 1. The number of nitrogens with zero attached hydrogens (tertiary/aromatic N) is 3. The van der Waals surface area contributed by atoms with Gasteiger partial charge < -0.3 is 4.90 Å². The van der Waals surface area contributed by atoms with Crippen LogP contribution in [0, 0.1) is 5.82 Å². The molecule has 0 N–H and O–H groups in total. The lowest BCUT2D eigenvalue weighted by Gasteiger charge is -2.22. The fourth-order valence-electron chi connectivity index (χ4n) is 2.05. The summed E-state index contributed by atoms with van der Waals surface area (Å²) in [6, 6.07) is 2.90. The quantitative estimate of drug-likeness (QED) is 0.795. The lowest BCUT2D eigenvalue weighted by atomic mass is 10.3. The normalized spacial score (nSPS) is 18.7. The fourth-order valence-corrected chi connectivity index (χ4v) is 2.92. The van der Waals surface area contributed by atoms with E-state index in [1.165, 1.54) is 22.8 Å². The highest BCUT2D eigenvalue weighted by molar-refractivity contribution is 7.88. The zero-order chi connectivity index (χ0) is 13.2. The van der Waals surface area contributed by atoms with Crippen LogP contribution in [-0.4, -0.2) is 50.1 Å². The second-order valence-electron chi connectivity index (χ2n) is 4.31. The van der Waals surface area contributed by atoms with Crippen molar-refractivity contribution in [3.63, 3.8) is 0 Å². The summed E-state index contributed by atoms with van der Waals surface area (Å²) < 4.78 is 38.0. The highest BCUT2D eigenvalue weighted by atomic mass is 32.2. The molecule has 0 radical (unpaired) electrons. The second kappa shape index (κ2) is 5.19. The third kappa shape index (κ3) is 2.97. The number of hydrogen-bond acceptors (Lipinski definition) is 4. The van der Waals surface area contributed by atoms with Gasteiger partial charge in [-0.05, 0) is 18.6 Å². The molecule has 18 heavy (non-hydrogen) atoms. The van der Waals surface area contributed by atoms with Crippen LogP contribution in [0.5, 0.6) is 0 Å². The Balaban J connectivity index is 2.13. The number of hydrogen-bond donors (Lipinski definition) is 0. The van der Waals surface area contributed by atoms with Crippen molar-refractivity contribution in [3.05, 3.63) is 24.1 Å². The molecule has 0 unspecified atom stereocenters. The molecule has 2 rings (SSSR count). The summed E-state index contributed by atoms with van der Waals surface area (Å²) in [4.78, 5) is 5.81. The third-order valence-corrected chi connectivity index (χ3v) is 4.27. The third-order valence-electron chi connectivity index (χ3n) is 2.96. The van der Waals surface area contributed by atoms with Crippen LogP contribution in [0.25, 0.3) is 0 Å². The molecule has 2 heterocycles. The van der Waals surface area contributed by atoms with E-state index < -0.39 is 10.0 Å². The summed E-state index contributed by atoms with van der Waals surface area (Å²) in [5.41, 5.74) is 0. The van der Waals surface area contributed by atoms with Crippen LogP contribution in [0.2, 0.25) is 0 Å². The van der Waals surface area contributed by atoms with Gasteiger partial charge in [-0.1, -0.05) is 0 Å². The van der Waals surface area contributed by atoms with E-state index in [9.17, 15) is 12.8 Å². The molecule has 7 heteroatoms. The van der Waals surface area contributed by atoms with Gasteiger partial charge in [0.25, 0.3) is 0 Å². The molecule has 0 bridgehead atoms. The molecule has 1 aromatic heterocycles. The van der Waals surface area contributed by atoms with Gasteiger partial charge in [0.15, 0.2) is 11.6 Å². The summed E-state index contributed by atoms with van der Waals surface area (Å²) in [5, 5.41) is 0. The Kier molecular flexibility index (Phi) is 3.82. The summed E-state index contributed by atoms with van der Waals surface area (Å²) in [5.74, 6) is -0.0712. The maximum Gasteiger partial charge on any atom is 0.211 e. The molecule has 1 aromatic rings. The molecular weight excluding hydrogens is 257 g/mol. The molecule has 100 valence electrons. The Morgan fingerprint density at radius 2 is 2.06 bits per heavy atom. The molecule has 0 saturated carbocycles. The van der Waals surface area contributed by atoms with Crippen LogP contribution < -0.4 is 4.90 Å². The number of anilines is 1. The summed E-state index contributed by atoms with van der Waals surface area (Å²) >= 11 is 0. The minimum absolute atomic E-state index is 0.299. The minimum atomic E-state index is -3.17. The molecule has 0 atom stereocenters. The van der Waals surface area contributed by atoms with Crippen molar-refractivity contribution in [2.75, 3.05) is 37.3 Å². The minimum Gasteiger partial charge on any atom is -0.353 e. The van der Waals surface area contributed by atoms with Crippen molar-refractivity contribution in [3.8, 4) is 0 Å². The van der Waals surface area contributed by atoms with E-state index in [0.29, 0.717) is 38.4 Å². The van der Waals surface area contributed by atoms with E-state index >= 15 is 0 Å². The van der Waals surface area contributed by atoms with Crippen LogP contribution >= 0.6 is 0 Å². The molecule has 1 fully saturated rings. The van der Waals surface area contributed by atoms with Crippen molar-refractivity contribution in [2.45, 2.75) is 6.42 Å². The molecular formula is C11H16FN3O2S. The van der Waals surface area contributed by atoms with Crippen molar-refractivity contribution in [1.82, 2.24) is 9.29 Å². The fraction of sp³-hybridized carbons (Fsp3) is 0.545. The van der Waals surface area contributed by atoms with E-state index in [0.717, 1.165) is 0 Å². The Labute approximate surface area is 106 Å². The second-order valence-corrected chi connectivity index (χ2v) is 6.29. The molecule has 0 aromatic carbocycles. The molecule has 0 aliphatic carbocycles. The van der Waals surface area contributed by atoms with E-state index in [-0.39, 0.29) is 5.82 Å². The Hall–Kier alpha value is -1.21. The monoisotopic (exact) mass is 273 g/mol. The maximum absolute atomic E-state index is 13.6. The Bertz CT molecular complexity index is 521. The number of sulfonamides is 1. The molecule has 1 aliphatic rings. The van der Waals surface area contributed by atoms with Gasteiger partial charge in [0.1, 0.15) is 0 Å². The standard InChI is InChI=1S/C11H16FN3O2S/c1-18(16,17)15-7-3-6-14(8-9-15)11-10(12)4-2-5-13-11/h2,4-5H,3,6-9H2,1H3. The van der Waals surface area contributed by atoms with E-state index in [1.54, 1.807) is 11.0 Å². The van der Waals surface area contributed by atoms with Gasteiger partial charge in [0.2, 0.25) is 10.0 Å². The van der Waals surface area contributed by atoms with Crippen LogP contribution in [0.3, 0.4) is 0 Å². The van der Waals surface area contributed by atoms with Crippen LogP contribution in [0.1, 0.15) is 6.42 Å². The highest BCUT2D eigenvalue weighted by Crippen LogP contribution is 2.17. The first-order valence-electron chi connectivity index (χ1n) is 5.79. The van der Waals surface area contributed by atoms with E-state index in [1.807, 2.05) is 0 Å². The Morgan fingerprint density at radius 1 is 1.28 bits per heavy atom. The van der Waals surface area contributed by atoms with Gasteiger partial charge in [-0.3, -0.25) is 0 Å². The predicted molar refractivity (Wildman–Crippen MR) is 67.4 cm³/mol. The van der Waals surface area contributed by atoms with E-state index in [4.69, 9.17) is 0 Å². The van der Waals surface area contributed by atoms with Gasteiger partial charge in [0.05, 0.1) is 6.26 Å². The first-order chi connectivity index (χ1) is 8.48. The summed E-state index contributed by atoms with van der Waals surface area (Å²) in [6.45, 7) is 1.92. The van der Waals surface area contributed by atoms with Gasteiger partial charge in [-0.2, -0.15) is 0 Å². The lowest BCUT2D eigenvalue weighted by molar-refractivity contribution is 0.437. The smallest absolute Gasteiger partial charge is 0.211 e. The van der Waals surface area contributed by atoms with Crippen molar-refractivity contribution in [2.24, 2.45) is 0 Å². The van der Waals surface area contributed by atoms with Crippen molar-refractivity contribution < 1.29 is 12.8 Å². The SMILES string of the molecule is CS(=O)(=O)N1CCCN(c2ncccc2F)CC1. The first-order valence-corrected chi connectivity index (χ1v) is 7.64. The number of rotatable bonds is 2. The van der Waals surface area contributed by atoms with Gasteiger partial charge in [0, 0.05) is 32.4 Å². The molecule has 0 spiro atoms. The first kappa shape index (κ1) is 13.2. The topological polar surface area (TPSA) is 53.5 Å². The average Bonchev–Trinajstić information content (AvgIpc) is 2.54. The van der Waals surface area contributed by atoms with Crippen LogP contribution in [-0.2, 0) is 10.0 Å². The lowest BCUT2D eigenvalue weighted by Crippen LogP contribution is -2.34. The maximum atomic E-state index is 13.6. The van der Waals surface area contributed by atoms with Crippen molar-refractivity contribution in [1.29, 1.82) is 0 Å². The van der Waals surface area contributed by atoms with Gasteiger partial charge in [-0.25, -0.2) is 22.1 Å². The number of halogens is 1. The van der Waals surface area contributed by atoms with Crippen LogP contribution in [0.4, 0.5) is 10.2 Å². The number of aromatic nitrogens is 1. The largest absolute Gasteiger partial charge is 0.353 e. The van der Waals surface area contributed by atoms with Crippen LogP contribution in [0.15, 0.2) is 18.3 Å². The zero-order valence-electron chi connectivity index (χ0n) is 10.2. The predicted octanol–water partition coefficient (Wildman–Crippen LogP) is 0.692. The molecule has 0 amide bonds. The zero-order valence-corrected chi connectivity index (χ0v) is 11.0. The van der Waals surface area contributed by atoms with Crippen molar-refractivity contribution >= 4 is 15.8 Å². The average molecular weight is 273 g/mol. The van der Waals surface area contributed by atoms with E-state index in [2.05, 4.69) is 4.98 Å². The van der Waals surface area contributed by atoms with Gasteiger partial charge in [-0.15, -0.1) is 0 Å².